The molecule has 4 rings (SSSR count). The summed E-state index contributed by atoms with van der Waals surface area (Å²) in [7, 11) is -6.65. The number of hydrogen-bond acceptors (Lipinski definition) is 4. The quantitative estimate of drug-likeness (QED) is 0.542. The first-order valence-electron chi connectivity index (χ1n) is 11.2. The van der Waals surface area contributed by atoms with Gasteiger partial charge in [0.05, 0.1) is 12.6 Å². The maximum absolute atomic E-state index is 12.5. The first kappa shape index (κ1) is 23.9. The van der Waals surface area contributed by atoms with Crippen molar-refractivity contribution in [1.82, 2.24) is 4.72 Å². The molecule has 1 aliphatic rings. The smallest absolute Gasteiger partial charge is 0.336 e. The van der Waals surface area contributed by atoms with Crippen molar-refractivity contribution in [1.29, 1.82) is 0 Å². The molecule has 0 radical (unpaired) electrons. The van der Waals surface area contributed by atoms with E-state index in [0.29, 0.717) is 6.42 Å². The summed E-state index contributed by atoms with van der Waals surface area (Å²) in [6, 6.07) is 29.9. The van der Waals surface area contributed by atoms with E-state index in [1.807, 2.05) is 66.7 Å². The van der Waals surface area contributed by atoms with Crippen molar-refractivity contribution in [2.75, 3.05) is 6.61 Å². The van der Waals surface area contributed by atoms with Gasteiger partial charge in [-0.15, -0.1) is 0 Å². The molecule has 7 heteroatoms. The van der Waals surface area contributed by atoms with Crippen molar-refractivity contribution in [2.45, 2.75) is 44.4 Å². The summed E-state index contributed by atoms with van der Waals surface area (Å²) in [4.78, 5) is 0. The molecule has 0 amide bonds. The lowest BCUT2D eigenvalue weighted by molar-refractivity contribution is 0.0955. The van der Waals surface area contributed by atoms with Crippen LogP contribution in [0.4, 0.5) is 0 Å². The Morgan fingerprint density at radius 3 is 1.85 bits per heavy atom. The van der Waals surface area contributed by atoms with E-state index < -0.39 is 24.7 Å². The van der Waals surface area contributed by atoms with E-state index in [-0.39, 0.29) is 17.7 Å². The standard InChI is InChI=1S/C26H31NO4SSi/c1-26(2,3)33(23-15-9-5-10-16-23,24-17-11-6-12-18-24)30-20-22-19-25(27-32(28,29)31-22)21-13-7-4-8-14-21/h4-18,22,25,27H,19-20H2,1-3H3/t22-,25+/m0/s1. The van der Waals surface area contributed by atoms with Gasteiger partial charge in [-0.25, -0.2) is 0 Å². The molecule has 0 unspecified atom stereocenters. The number of nitrogens with one attached hydrogen (secondary N) is 1. The lowest BCUT2D eigenvalue weighted by Crippen LogP contribution is -2.67. The summed E-state index contributed by atoms with van der Waals surface area (Å²) in [5.74, 6) is 0. The van der Waals surface area contributed by atoms with Gasteiger partial charge in [-0.3, -0.25) is 4.18 Å². The molecule has 174 valence electrons. The molecule has 1 saturated heterocycles. The highest BCUT2D eigenvalue weighted by atomic mass is 32.2. The van der Waals surface area contributed by atoms with Gasteiger partial charge in [-0.2, -0.15) is 13.1 Å². The van der Waals surface area contributed by atoms with E-state index in [1.54, 1.807) is 0 Å². The van der Waals surface area contributed by atoms with Crippen molar-refractivity contribution < 1.29 is 17.0 Å². The molecule has 0 aromatic heterocycles. The number of hydrogen-bond donors (Lipinski definition) is 1. The van der Waals surface area contributed by atoms with E-state index in [1.165, 1.54) is 0 Å². The van der Waals surface area contributed by atoms with Crippen LogP contribution >= 0.6 is 0 Å². The van der Waals surface area contributed by atoms with Crippen LogP contribution in [0, 0.1) is 0 Å². The summed E-state index contributed by atoms with van der Waals surface area (Å²) in [5, 5.41) is 2.11. The third kappa shape index (κ3) is 5.12. The second kappa shape index (κ2) is 9.52. The van der Waals surface area contributed by atoms with Gasteiger partial charge in [0.1, 0.15) is 6.10 Å². The predicted molar refractivity (Wildman–Crippen MR) is 134 cm³/mol. The zero-order chi connectivity index (χ0) is 23.5. The van der Waals surface area contributed by atoms with Crippen molar-refractivity contribution in [3.63, 3.8) is 0 Å². The Labute approximate surface area is 198 Å². The van der Waals surface area contributed by atoms with Gasteiger partial charge in [0.2, 0.25) is 0 Å². The van der Waals surface area contributed by atoms with Crippen LogP contribution in [0.2, 0.25) is 5.04 Å². The molecule has 33 heavy (non-hydrogen) atoms. The molecule has 1 fully saturated rings. The summed E-state index contributed by atoms with van der Waals surface area (Å²) < 4.78 is 40.1. The maximum atomic E-state index is 12.5. The van der Waals surface area contributed by atoms with E-state index in [4.69, 9.17) is 8.61 Å². The van der Waals surface area contributed by atoms with Crippen molar-refractivity contribution in [3.05, 3.63) is 96.6 Å². The van der Waals surface area contributed by atoms with Crippen LogP contribution < -0.4 is 15.1 Å². The molecule has 1 aliphatic heterocycles. The highest BCUT2D eigenvalue weighted by Gasteiger charge is 2.50. The molecule has 2 atom stereocenters. The average Bonchev–Trinajstić information content (AvgIpc) is 2.80. The fourth-order valence-corrected chi connectivity index (χ4v) is 10.4. The van der Waals surface area contributed by atoms with Crippen LogP contribution in [0.1, 0.15) is 38.8 Å². The summed E-state index contributed by atoms with van der Waals surface area (Å²) in [6.45, 7) is 6.79. The fourth-order valence-electron chi connectivity index (χ4n) is 4.70. The predicted octanol–water partition coefficient (Wildman–Crippen LogP) is 3.93. The minimum absolute atomic E-state index is 0.192. The summed E-state index contributed by atoms with van der Waals surface area (Å²) in [6.07, 6.45) is -0.0790. The molecule has 0 spiro atoms. The molecule has 0 saturated carbocycles. The Bertz CT molecular complexity index is 1110. The van der Waals surface area contributed by atoms with E-state index in [9.17, 15) is 8.42 Å². The van der Waals surface area contributed by atoms with E-state index in [2.05, 4.69) is 49.8 Å². The van der Waals surface area contributed by atoms with Crippen LogP contribution in [-0.2, 0) is 18.9 Å². The van der Waals surface area contributed by atoms with E-state index in [0.717, 1.165) is 15.9 Å². The van der Waals surface area contributed by atoms with Crippen LogP contribution in [0.25, 0.3) is 0 Å². The lowest BCUT2D eigenvalue weighted by Gasteiger charge is -2.44. The van der Waals surface area contributed by atoms with Gasteiger partial charge >= 0.3 is 10.3 Å². The molecule has 0 aliphatic carbocycles. The van der Waals surface area contributed by atoms with Gasteiger partial charge in [0.15, 0.2) is 0 Å². The molecule has 5 nitrogen and oxygen atoms in total. The van der Waals surface area contributed by atoms with Crippen molar-refractivity contribution in [3.8, 4) is 0 Å². The van der Waals surface area contributed by atoms with Crippen LogP contribution in [0.5, 0.6) is 0 Å². The summed E-state index contributed by atoms with van der Waals surface area (Å²) >= 11 is 0. The van der Waals surface area contributed by atoms with Crippen LogP contribution in [0.15, 0.2) is 91.0 Å². The molecule has 0 bridgehead atoms. The van der Waals surface area contributed by atoms with Crippen molar-refractivity contribution >= 4 is 29.0 Å². The Morgan fingerprint density at radius 2 is 1.36 bits per heavy atom. The zero-order valence-corrected chi connectivity index (χ0v) is 21.1. The minimum atomic E-state index is -3.88. The van der Waals surface area contributed by atoms with Gasteiger partial charge in [-0.1, -0.05) is 112 Å². The zero-order valence-electron chi connectivity index (χ0n) is 19.3. The average molecular weight is 482 g/mol. The first-order valence-corrected chi connectivity index (χ1v) is 14.5. The highest BCUT2D eigenvalue weighted by Crippen LogP contribution is 2.37. The SMILES string of the molecule is CC(C)(C)[Si](OC[C@@H]1C[C@H](c2ccccc2)NS(=O)(=O)O1)(c1ccccc1)c1ccccc1. The van der Waals surface area contributed by atoms with E-state index >= 15 is 0 Å². The lowest BCUT2D eigenvalue weighted by atomic mass is 10.0. The maximum Gasteiger partial charge on any atom is 0.336 e. The first-order chi connectivity index (χ1) is 15.7. The van der Waals surface area contributed by atoms with Gasteiger partial charge < -0.3 is 4.43 Å². The molecular formula is C26H31NO4SSi. The van der Waals surface area contributed by atoms with Crippen molar-refractivity contribution in [2.24, 2.45) is 0 Å². The molecule has 1 heterocycles. The molecular weight excluding hydrogens is 450 g/mol. The Hall–Kier alpha value is -2.29. The highest BCUT2D eigenvalue weighted by molar-refractivity contribution is 7.84. The Balaban J connectivity index is 1.69. The van der Waals surface area contributed by atoms with Gasteiger partial charge in [0, 0.05) is 0 Å². The second-order valence-electron chi connectivity index (χ2n) is 9.46. The van der Waals surface area contributed by atoms with Crippen LogP contribution in [-0.4, -0.2) is 29.4 Å². The molecule has 3 aromatic rings. The normalized spacial score (nSPS) is 20.9. The third-order valence-corrected chi connectivity index (χ3v) is 12.3. The molecule has 3 aromatic carbocycles. The summed E-state index contributed by atoms with van der Waals surface area (Å²) in [5.41, 5.74) is 0.917. The third-order valence-electron chi connectivity index (χ3n) is 6.15. The van der Waals surface area contributed by atoms with Gasteiger partial charge in [0.25, 0.3) is 8.32 Å². The fraction of sp³-hybridized carbons (Fsp3) is 0.308. The molecule has 1 N–H and O–H groups in total. The largest absolute Gasteiger partial charge is 0.405 e. The Morgan fingerprint density at radius 1 is 0.879 bits per heavy atom. The topological polar surface area (TPSA) is 64.6 Å². The second-order valence-corrected chi connectivity index (χ2v) is 15.1. The minimum Gasteiger partial charge on any atom is -0.405 e. The van der Waals surface area contributed by atoms with Gasteiger partial charge in [-0.05, 0) is 27.4 Å². The monoisotopic (exact) mass is 481 g/mol. The van der Waals surface area contributed by atoms with Crippen LogP contribution in [0.3, 0.4) is 0 Å². The number of benzene rings is 3. The number of rotatable bonds is 6. The Kier molecular flexibility index (Phi) is 6.88.